The Morgan fingerprint density at radius 1 is 1.07 bits per heavy atom. The van der Waals surface area contributed by atoms with Gasteiger partial charge >= 0.3 is 0 Å². The van der Waals surface area contributed by atoms with E-state index in [1.807, 2.05) is 52.8 Å². The van der Waals surface area contributed by atoms with E-state index in [4.69, 9.17) is 5.73 Å². The quantitative estimate of drug-likeness (QED) is 0.524. The fourth-order valence-electron chi connectivity index (χ4n) is 0.495. The van der Waals surface area contributed by atoms with Crippen molar-refractivity contribution in [2.24, 2.45) is 5.73 Å². The van der Waals surface area contributed by atoms with Crippen LogP contribution in [0.25, 0.3) is 0 Å². The minimum atomic E-state index is 0.663. The SMILES string of the molecule is C/C=C/CN.C/C=C\C(C)=C/C.CC. The molecule has 0 aliphatic rings. The highest BCUT2D eigenvalue weighted by molar-refractivity contribution is 5.13. The van der Waals surface area contributed by atoms with E-state index in [2.05, 4.69) is 19.1 Å². The summed E-state index contributed by atoms with van der Waals surface area (Å²) in [7, 11) is 0. The normalized spacial score (nSPS) is 10.6. The highest BCUT2D eigenvalue weighted by atomic mass is 14.5. The second-order valence-corrected chi connectivity index (χ2v) is 2.34. The van der Waals surface area contributed by atoms with Gasteiger partial charge < -0.3 is 5.73 Å². The smallest absolute Gasteiger partial charge is 0.0106 e. The third-order valence-corrected chi connectivity index (χ3v) is 1.26. The van der Waals surface area contributed by atoms with Crippen LogP contribution in [0.2, 0.25) is 0 Å². The average Bonchev–Trinajstić information content (AvgIpc) is 2.23. The van der Waals surface area contributed by atoms with Gasteiger partial charge in [0, 0.05) is 6.54 Å². The average molecular weight is 197 g/mol. The predicted molar refractivity (Wildman–Crippen MR) is 69.5 cm³/mol. The number of hydrogen-bond donors (Lipinski definition) is 1. The summed E-state index contributed by atoms with van der Waals surface area (Å²) in [5, 5.41) is 0. The lowest BCUT2D eigenvalue weighted by Crippen LogP contribution is -1.90. The van der Waals surface area contributed by atoms with Crippen LogP contribution in [0.4, 0.5) is 0 Å². The van der Waals surface area contributed by atoms with Crippen LogP contribution in [0.1, 0.15) is 41.5 Å². The van der Waals surface area contributed by atoms with Gasteiger partial charge in [-0.25, -0.2) is 0 Å². The maximum atomic E-state index is 5.05. The van der Waals surface area contributed by atoms with Crippen molar-refractivity contribution in [3.05, 3.63) is 36.0 Å². The molecule has 0 bridgehead atoms. The highest BCUT2D eigenvalue weighted by Crippen LogP contribution is 1.91. The van der Waals surface area contributed by atoms with Gasteiger partial charge in [0.25, 0.3) is 0 Å². The summed E-state index contributed by atoms with van der Waals surface area (Å²) in [6, 6.07) is 0. The molecular weight excluding hydrogens is 170 g/mol. The van der Waals surface area contributed by atoms with Gasteiger partial charge in [-0.05, 0) is 27.7 Å². The van der Waals surface area contributed by atoms with Crippen molar-refractivity contribution in [3.8, 4) is 0 Å². The molecule has 1 nitrogen and oxygen atoms in total. The molecule has 0 atom stereocenters. The van der Waals surface area contributed by atoms with Crippen LogP contribution in [0.3, 0.4) is 0 Å². The zero-order chi connectivity index (χ0) is 11.8. The summed E-state index contributed by atoms with van der Waals surface area (Å²) in [6.07, 6.45) is 10.0. The minimum Gasteiger partial charge on any atom is -0.327 e. The Bertz CT molecular complexity index is 153. The number of nitrogens with two attached hydrogens (primary N) is 1. The van der Waals surface area contributed by atoms with E-state index in [9.17, 15) is 0 Å². The molecule has 0 aromatic heterocycles. The van der Waals surface area contributed by atoms with Crippen molar-refractivity contribution in [2.45, 2.75) is 41.5 Å². The van der Waals surface area contributed by atoms with E-state index in [0.29, 0.717) is 6.54 Å². The van der Waals surface area contributed by atoms with Gasteiger partial charge in [-0.15, -0.1) is 0 Å². The van der Waals surface area contributed by atoms with E-state index >= 15 is 0 Å². The molecule has 0 aromatic carbocycles. The summed E-state index contributed by atoms with van der Waals surface area (Å²) in [4.78, 5) is 0. The Hall–Kier alpha value is -0.820. The van der Waals surface area contributed by atoms with E-state index in [0.717, 1.165) is 0 Å². The van der Waals surface area contributed by atoms with Gasteiger partial charge in [-0.1, -0.05) is 49.8 Å². The van der Waals surface area contributed by atoms with Crippen LogP contribution >= 0.6 is 0 Å². The summed E-state index contributed by atoms with van der Waals surface area (Å²) in [5.41, 5.74) is 6.37. The number of rotatable bonds is 2. The molecule has 0 saturated carbocycles. The Morgan fingerprint density at radius 2 is 1.57 bits per heavy atom. The Kier molecular flexibility index (Phi) is 30.7. The fourth-order valence-corrected chi connectivity index (χ4v) is 0.495. The molecule has 2 N–H and O–H groups in total. The molecular formula is C13H27N. The van der Waals surface area contributed by atoms with Crippen molar-refractivity contribution in [3.63, 3.8) is 0 Å². The van der Waals surface area contributed by atoms with E-state index < -0.39 is 0 Å². The van der Waals surface area contributed by atoms with Gasteiger partial charge in [-0.3, -0.25) is 0 Å². The second-order valence-electron chi connectivity index (χ2n) is 2.34. The molecule has 0 rings (SSSR count). The Balaban J connectivity index is -0.000000152. The summed E-state index contributed by atoms with van der Waals surface area (Å²) in [6.45, 7) is 12.8. The van der Waals surface area contributed by atoms with E-state index in [-0.39, 0.29) is 0 Å². The Labute approximate surface area is 90.4 Å². The van der Waals surface area contributed by atoms with Gasteiger partial charge in [-0.2, -0.15) is 0 Å². The van der Waals surface area contributed by atoms with Crippen molar-refractivity contribution in [1.29, 1.82) is 0 Å². The molecule has 0 saturated heterocycles. The van der Waals surface area contributed by atoms with Crippen molar-refractivity contribution < 1.29 is 0 Å². The first-order valence-electron chi connectivity index (χ1n) is 5.29. The van der Waals surface area contributed by atoms with Gasteiger partial charge in [0.1, 0.15) is 0 Å². The van der Waals surface area contributed by atoms with Crippen molar-refractivity contribution in [2.75, 3.05) is 6.54 Å². The standard InChI is InChI=1S/C7H12.C4H9N.C2H6/c1-4-6-7(3)5-2;1-2-3-4-5;1-2/h4-6H,1-3H3;2-3H,4-5H2,1H3;1-2H3/b6-4-,7-5-;3-2+;. The molecule has 0 fully saturated rings. The largest absolute Gasteiger partial charge is 0.327 e. The molecule has 0 radical (unpaired) electrons. The first-order valence-corrected chi connectivity index (χ1v) is 5.29. The topological polar surface area (TPSA) is 26.0 Å². The molecule has 0 aliphatic carbocycles. The summed E-state index contributed by atoms with van der Waals surface area (Å²) < 4.78 is 0. The van der Waals surface area contributed by atoms with Crippen LogP contribution in [0, 0.1) is 0 Å². The lowest BCUT2D eigenvalue weighted by molar-refractivity contribution is 1.25. The highest BCUT2D eigenvalue weighted by Gasteiger charge is 1.69. The predicted octanol–water partition coefficient (Wildman–Crippen LogP) is 4.08. The van der Waals surface area contributed by atoms with Gasteiger partial charge in [0.2, 0.25) is 0 Å². The first kappa shape index (κ1) is 18.9. The maximum absolute atomic E-state index is 5.05. The number of allylic oxidation sites excluding steroid dienone is 5. The third kappa shape index (κ3) is 30.3. The molecule has 0 unspecified atom stereocenters. The van der Waals surface area contributed by atoms with Crippen LogP contribution in [-0.4, -0.2) is 6.54 Å². The zero-order valence-corrected chi connectivity index (χ0v) is 10.7. The van der Waals surface area contributed by atoms with Crippen molar-refractivity contribution in [1.82, 2.24) is 0 Å². The fraction of sp³-hybridized carbons (Fsp3) is 0.538. The molecule has 84 valence electrons. The molecule has 0 amide bonds. The zero-order valence-electron chi connectivity index (χ0n) is 10.7. The molecule has 0 aliphatic heterocycles. The molecule has 0 aromatic rings. The molecule has 1 heteroatoms. The van der Waals surface area contributed by atoms with Crippen molar-refractivity contribution >= 4 is 0 Å². The summed E-state index contributed by atoms with van der Waals surface area (Å²) in [5.74, 6) is 0. The molecule has 0 heterocycles. The molecule has 0 spiro atoms. The van der Waals surface area contributed by atoms with Crippen LogP contribution in [0.15, 0.2) is 36.0 Å². The maximum Gasteiger partial charge on any atom is 0.0106 e. The second kappa shape index (κ2) is 22.8. The lowest BCUT2D eigenvalue weighted by atomic mass is 10.3. The summed E-state index contributed by atoms with van der Waals surface area (Å²) >= 11 is 0. The lowest BCUT2D eigenvalue weighted by Gasteiger charge is -1.81. The number of hydrogen-bond acceptors (Lipinski definition) is 1. The Morgan fingerprint density at radius 3 is 1.64 bits per heavy atom. The molecule has 14 heavy (non-hydrogen) atoms. The minimum absolute atomic E-state index is 0.663. The van der Waals surface area contributed by atoms with E-state index in [1.165, 1.54) is 5.57 Å². The first-order chi connectivity index (χ1) is 6.72. The van der Waals surface area contributed by atoms with E-state index in [1.54, 1.807) is 0 Å². The van der Waals surface area contributed by atoms with Crippen LogP contribution in [-0.2, 0) is 0 Å². The monoisotopic (exact) mass is 197 g/mol. The van der Waals surface area contributed by atoms with Crippen LogP contribution in [0.5, 0.6) is 0 Å². The van der Waals surface area contributed by atoms with Gasteiger partial charge in [0.05, 0.1) is 0 Å². The van der Waals surface area contributed by atoms with Crippen LogP contribution < -0.4 is 5.73 Å². The van der Waals surface area contributed by atoms with Gasteiger partial charge in [0.15, 0.2) is 0 Å². The third-order valence-electron chi connectivity index (χ3n) is 1.26.